The van der Waals surface area contributed by atoms with Crippen LogP contribution in [0.2, 0.25) is 0 Å². The van der Waals surface area contributed by atoms with Crippen LogP contribution in [-0.4, -0.2) is 11.8 Å². The van der Waals surface area contributed by atoms with Gasteiger partial charge in [0, 0.05) is 0 Å². The summed E-state index contributed by atoms with van der Waals surface area (Å²) in [6, 6.07) is 17.0. The van der Waals surface area contributed by atoms with Crippen LogP contribution < -0.4 is 10.4 Å². The summed E-state index contributed by atoms with van der Waals surface area (Å²) in [6.45, 7) is 2.01. The van der Waals surface area contributed by atoms with Crippen LogP contribution >= 0.6 is 0 Å². The molecule has 1 saturated heterocycles. The number of carbonyl (C=O) groups is 2. The third-order valence-corrected chi connectivity index (χ3v) is 3.63. The first kappa shape index (κ1) is 13.4. The van der Waals surface area contributed by atoms with Crippen LogP contribution in [0.25, 0.3) is 0 Å². The van der Waals surface area contributed by atoms with Gasteiger partial charge in [-0.05, 0) is 31.0 Å². The molecule has 4 heteroatoms. The van der Waals surface area contributed by atoms with E-state index in [2.05, 4.69) is 5.43 Å². The Balaban J connectivity index is 1.79. The Morgan fingerprint density at radius 2 is 1.67 bits per heavy atom. The minimum Gasteiger partial charge on any atom is -0.272 e. The highest BCUT2D eigenvalue weighted by Gasteiger charge is 2.39. The van der Waals surface area contributed by atoms with E-state index < -0.39 is 5.92 Å². The highest BCUT2D eigenvalue weighted by atomic mass is 16.2. The molecular weight excluding hydrogens is 264 g/mol. The number of nitrogens with one attached hydrogen (secondary N) is 1. The lowest BCUT2D eigenvalue weighted by Crippen LogP contribution is -2.35. The van der Waals surface area contributed by atoms with Crippen molar-refractivity contribution < 1.29 is 9.59 Å². The molecule has 0 aliphatic carbocycles. The molecule has 0 bridgehead atoms. The van der Waals surface area contributed by atoms with Gasteiger partial charge in [-0.1, -0.05) is 48.0 Å². The van der Waals surface area contributed by atoms with Gasteiger partial charge >= 0.3 is 0 Å². The first-order chi connectivity index (χ1) is 10.1. The lowest BCUT2D eigenvalue weighted by Gasteiger charge is -2.15. The molecule has 0 saturated carbocycles. The number of hydrogen-bond donors (Lipinski definition) is 1. The summed E-state index contributed by atoms with van der Waals surface area (Å²) in [6.07, 6.45) is 0.425. The third kappa shape index (κ3) is 2.65. The molecule has 0 spiro atoms. The third-order valence-electron chi connectivity index (χ3n) is 3.63. The molecular formula is C17H16N2O2. The minimum atomic E-state index is -0.659. The lowest BCUT2D eigenvalue weighted by molar-refractivity contribution is -0.127. The van der Waals surface area contributed by atoms with Gasteiger partial charge in [-0.2, -0.15) is 0 Å². The van der Waals surface area contributed by atoms with Crippen LogP contribution in [0, 0.1) is 12.8 Å². The van der Waals surface area contributed by atoms with Gasteiger partial charge in [-0.25, -0.2) is 5.01 Å². The topological polar surface area (TPSA) is 49.4 Å². The first-order valence-electron chi connectivity index (χ1n) is 6.90. The average molecular weight is 280 g/mol. The standard InChI is InChI=1S/C17H16N2O2/c1-12-7-9-13(10-8-12)11-15-16(20)18-19(17(15)21)14-5-3-2-4-6-14/h2-10,15H,11H2,1H3,(H,18,20). The number of aryl methyl sites for hydroxylation is 1. The number of rotatable bonds is 3. The van der Waals surface area contributed by atoms with Crippen molar-refractivity contribution in [2.24, 2.45) is 5.92 Å². The number of para-hydroxylation sites is 1. The zero-order valence-electron chi connectivity index (χ0n) is 11.7. The van der Waals surface area contributed by atoms with Crippen molar-refractivity contribution in [2.75, 3.05) is 5.01 Å². The lowest BCUT2D eigenvalue weighted by atomic mass is 9.98. The van der Waals surface area contributed by atoms with E-state index in [0.29, 0.717) is 12.1 Å². The zero-order chi connectivity index (χ0) is 14.8. The molecule has 2 amide bonds. The fraction of sp³-hybridized carbons (Fsp3) is 0.176. The van der Waals surface area contributed by atoms with E-state index >= 15 is 0 Å². The van der Waals surface area contributed by atoms with Crippen LogP contribution in [0.3, 0.4) is 0 Å². The Labute approximate surface area is 123 Å². The number of anilines is 1. The van der Waals surface area contributed by atoms with Gasteiger partial charge in [0.25, 0.3) is 11.8 Å². The molecule has 1 N–H and O–H groups in total. The number of hydrogen-bond acceptors (Lipinski definition) is 2. The predicted molar refractivity (Wildman–Crippen MR) is 80.4 cm³/mol. The summed E-state index contributed by atoms with van der Waals surface area (Å²) >= 11 is 0. The summed E-state index contributed by atoms with van der Waals surface area (Å²) in [5, 5.41) is 1.33. The van der Waals surface area contributed by atoms with Gasteiger partial charge in [0.1, 0.15) is 5.92 Å². The normalized spacial score (nSPS) is 18.0. The van der Waals surface area contributed by atoms with E-state index in [1.165, 1.54) is 5.01 Å². The van der Waals surface area contributed by atoms with E-state index in [4.69, 9.17) is 0 Å². The average Bonchev–Trinajstić information content (AvgIpc) is 2.78. The summed E-state index contributed by atoms with van der Waals surface area (Å²) in [5.41, 5.74) is 5.48. The number of benzene rings is 2. The Bertz CT molecular complexity index is 665. The summed E-state index contributed by atoms with van der Waals surface area (Å²) in [7, 11) is 0. The van der Waals surface area contributed by atoms with E-state index in [9.17, 15) is 9.59 Å². The molecule has 1 heterocycles. The molecule has 1 aliphatic heterocycles. The van der Waals surface area contributed by atoms with Crippen molar-refractivity contribution in [3.63, 3.8) is 0 Å². The van der Waals surface area contributed by atoms with Gasteiger partial charge in [-0.3, -0.25) is 15.0 Å². The molecule has 0 radical (unpaired) electrons. The molecule has 21 heavy (non-hydrogen) atoms. The highest BCUT2D eigenvalue weighted by molar-refractivity contribution is 6.14. The van der Waals surface area contributed by atoms with Gasteiger partial charge < -0.3 is 0 Å². The highest BCUT2D eigenvalue weighted by Crippen LogP contribution is 2.22. The van der Waals surface area contributed by atoms with Crippen LogP contribution in [0.5, 0.6) is 0 Å². The maximum absolute atomic E-state index is 12.4. The van der Waals surface area contributed by atoms with E-state index in [1.807, 2.05) is 49.4 Å². The first-order valence-corrected chi connectivity index (χ1v) is 6.90. The smallest absolute Gasteiger partial charge is 0.258 e. The molecule has 1 aliphatic rings. The van der Waals surface area contributed by atoms with Gasteiger partial charge in [-0.15, -0.1) is 0 Å². The van der Waals surface area contributed by atoms with Crippen molar-refractivity contribution in [3.8, 4) is 0 Å². The van der Waals surface area contributed by atoms with Crippen molar-refractivity contribution in [3.05, 3.63) is 65.7 Å². The quantitative estimate of drug-likeness (QED) is 0.877. The molecule has 2 aromatic carbocycles. The van der Waals surface area contributed by atoms with E-state index in [-0.39, 0.29) is 11.8 Å². The number of hydrazine groups is 1. The SMILES string of the molecule is Cc1ccc(CC2C(=O)NN(c3ccccc3)C2=O)cc1. The molecule has 1 atom stereocenters. The number of nitrogens with zero attached hydrogens (tertiary/aromatic N) is 1. The molecule has 4 nitrogen and oxygen atoms in total. The van der Waals surface area contributed by atoms with Crippen LogP contribution in [0.4, 0.5) is 5.69 Å². The molecule has 0 aromatic heterocycles. The molecule has 1 unspecified atom stereocenters. The predicted octanol–water partition coefficient (Wildman–Crippen LogP) is 2.23. The molecule has 3 rings (SSSR count). The summed E-state index contributed by atoms with van der Waals surface area (Å²) in [5.74, 6) is -1.11. The Morgan fingerprint density at radius 3 is 2.33 bits per heavy atom. The van der Waals surface area contributed by atoms with Gasteiger partial charge in [0.05, 0.1) is 5.69 Å². The summed E-state index contributed by atoms with van der Waals surface area (Å²) in [4.78, 5) is 24.5. The Morgan fingerprint density at radius 1 is 1.00 bits per heavy atom. The van der Waals surface area contributed by atoms with Gasteiger partial charge in [0.15, 0.2) is 0 Å². The fourth-order valence-corrected chi connectivity index (χ4v) is 2.42. The molecule has 1 fully saturated rings. The summed E-state index contributed by atoms with van der Waals surface area (Å²) < 4.78 is 0. The zero-order valence-corrected chi connectivity index (χ0v) is 11.7. The Hall–Kier alpha value is -2.62. The van der Waals surface area contributed by atoms with E-state index in [1.54, 1.807) is 12.1 Å². The van der Waals surface area contributed by atoms with Crippen molar-refractivity contribution >= 4 is 17.5 Å². The van der Waals surface area contributed by atoms with Crippen molar-refractivity contribution in [1.29, 1.82) is 0 Å². The maximum Gasteiger partial charge on any atom is 0.258 e. The van der Waals surface area contributed by atoms with Crippen LogP contribution in [-0.2, 0) is 16.0 Å². The van der Waals surface area contributed by atoms with Crippen molar-refractivity contribution in [1.82, 2.24) is 5.43 Å². The Kier molecular flexibility index (Phi) is 3.44. The van der Waals surface area contributed by atoms with Crippen LogP contribution in [0.15, 0.2) is 54.6 Å². The number of amides is 2. The maximum atomic E-state index is 12.4. The second-order valence-corrected chi connectivity index (χ2v) is 5.23. The van der Waals surface area contributed by atoms with Crippen LogP contribution in [0.1, 0.15) is 11.1 Å². The van der Waals surface area contributed by atoms with Gasteiger partial charge in [0.2, 0.25) is 0 Å². The minimum absolute atomic E-state index is 0.202. The molecule has 2 aromatic rings. The molecule has 106 valence electrons. The van der Waals surface area contributed by atoms with E-state index in [0.717, 1.165) is 11.1 Å². The second kappa shape index (κ2) is 5.40. The monoisotopic (exact) mass is 280 g/mol. The largest absolute Gasteiger partial charge is 0.272 e. The second-order valence-electron chi connectivity index (χ2n) is 5.23. The fourth-order valence-electron chi connectivity index (χ4n) is 2.42. The number of carbonyl (C=O) groups excluding carboxylic acids is 2. The van der Waals surface area contributed by atoms with Crippen molar-refractivity contribution in [2.45, 2.75) is 13.3 Å².